The van der Waals surface area contributed by atoms with Crippen LogP contribution in [0.4, 0.5) is 33.7 Å². The number of nitriles is 1. The van der Waals surface area contributed by atoms with Crippen LogP contribution in [0.25, 0.3) is 0 Å². The van der Waals surface area contributed by atoms with Crippen LogP contribution in [-0.2, 0) is 12.7 Å². The SMILES string of the molecule is CCC(=O)n1nc(CN(C(=O)Nc2ccc(F)c(C#N)c2)c2cnc(OC)nc2)cc1C(F)(F)F. The number of rotatable bonds is 6. The molecule has 14 heteroatoms. The smallest absolute Gasteiger partial charge is 0.433 e. The van der Waals surface area contributed by atoms with E-state index in [9.17, 15) is 27.2 Å². The minimum absolute atomic E-state index is 0.0246. The summed E-state index contributed by atoms with van der Waals surface area (Å²) in [4.78, 5) is 33.8. The van der Waals surface area contributed by atoms with Gasteiger partial charge in [-0.2, -0.15) is 28.2 Å². The van der Waals surface area contributed by atoms with Gasteiger partial charge in [-0.1, -0.05) is 6.92 Å². The second kappa shape index (κ2) is 10.2. The average Bonchev–Trinajstić information content (AvgIpc) is 3.28. The first-order valence-electron chi connectivity index (χ1n) is 9.90. The molecule has 0 saturated heterocycles. The Morgan fingerprint density at radius 2 is 1.91 bits per heavy atom. The van der Waals surface area contributed by atoms with Crippen molar-refractivity contribution in [2.45, 2.75) is 26.1 Å². The Labute approximate surface area is 195 Å². The van der Waals surface area contributed by atoms with Gasteiger partial charge in [0.1, 0.15) is 11.9 Å². The van der Waals surface area contributed by atoms with E-state index in [1.165, 1.54) is 32.5 Å². The molecular formula is C21H17F4N7O3. The summed E-state index contributed by atoms with van der Waals surface area (Å²) in [7, 11) is 1.32. The van der Waals surface area contributed by atoms with Gasteiger partial charge in [0.2, 0.25) is 5.91 Å². The molecule has 3 aromatic rings. The number of anilines is 2. The molecule has 0 aliphatic rings. The topological polar surface area (TPSA) is 126 Å². The van der Waals surface area contributed by atoms with E-state index in [0.29, 0.717) is 6.07 Å². The van der Waals surface area contributed by atoms with Crippen molar-refractivity contribution in [1.82, 2.24) is 19.7 Å². The minimum atomic E-state index is -4.87. The number of aromatic nitrogens is 4. The van der Waals surface area contributed by atoms with E-state index in [1.54, 1.807) is 6.07 Å². The predicted molar refractivity (Wildman–Crippen MR) is 113 cm³/mol. The number of benzene rings is 1. The van der Waals surface area contributed by atoms with E-state index < -0.39 is 36.2 Å². The molecule has 182 valence electrons. The first-order valence-corrected chi connectivity index (χ1v) is 9.90. The van der Waals surface area contributed by atoms with Crippen LogP contribution in [0.15, 0.2) is 36.7 Å². The van der Waals surface area contributed by atoms with E-state index in [1.807, 2.05) is 0 Å². The fourth-order valence-electron chi connectivity index (χ4n) is 2.93. The molecule has 2 aromatic heterocycles. The number of urea groups is 1. The van der Waals surface area contributed by atoms with Crippen LogP contribution in [-0.4, -0.2) is 38.8 Å². The molecule has 1 aromatic carbocycles. The van der Waals surface area contributed by atoms with Crippen molar-refractivity contribution in [3.8, 4) is 12.1 Å². The van der Waals surface area contributed by atoms with Crippen molar-refractivity contribution in [2.24, 2.45) is 0 Å². The monoisotopic (exact) mass is 491 g/mol. The Morgan fingerprint density at radius 1 is 1.23 bits per heavy atom. The van der Waals surface area contributed by atoms with Gasteiger partial charge in [-0.3, -0.25) is 9.69 Å². The molecular weight excluding hydrogens is 474 g/mol. The lowest BCUT2D eigenvalue weighted by atomic mass is 10.2. The van der Waals surface area contributed by atoms with Crippen LogP contribution in [0.1, 0.15) is 35.1 Å². The zero-order valence-electron chi connectivity index (χ0n) is 18.3. The van der Waals surface area contributed by atoms with Crippen LogP contribution >= 0.6 is 0 Å². The second-order valence-electron chi connectivity index (χ2n) is 6.93. The van der Waals surface area contributed by atoms with E-state index in [-0.39, 0.29) is 39.7 Å². The summed E-state index contributed by atoms with van der Waals surface area (Å²) in [5, 5.41) is 15.2. The molecule has 0 fully saturated rings. The molecule has 0 saturated carbocycles. The summed E-state index contributed by atoms with van der Waals surface area (Å²) in [6.45, 7) is 0.872. The Morgan fingerprint density at radius 3 is 2.49 bits per heavy atom. The normalized spacial score (nSPS) is 11.0. The van der Waals surface area contributed by atoms with Crippen molar-refractivity contribution in [2.75, 3.05) is 17.3 Å². The molecule has 2 amide bonds. The Hall–Kier alpha value is -4.54. The number of halogens is 4. The number of ether oxygens (including phenoxy) is 1. The Kier molecular flexibility index (Phi) is 7.28. The van der Waals surface area contributed by atoms with Gasteiger partial charge >= 0.3 is 18.2 Å². The fraction of sp³-hybridized carbons (Fsp3) is 0.238. The lowest BCUT2D eigenvalue weighted by molar-refractivity contribution is -0.143. The Bertz CT molecular complexity index is 1280. The summed E-state index contributed by atoms with van der Waals surface area (Å²) >= 11 is 0. The third-order valence-electron chi connectivity index (χ3n) is 4.60. The van der Waals surface area contributed by atoms with Crippen LogP contribution in [0.3, 0.4) is 0 Å². The molecule has 3 rings (SSSR count). The molecule has 35 heavy (non-hydrogen) atoms. The number of nitrogens with one attached hydrogen (secondary N) is 1. The zero-order chi connectivity index (χ0) is 25.8. The van der Waals surface area contributed by atoms with E-state index in [0.717, 1.165) is 17.0 Å². The van der Waals surface area contributed by atoms with Gasteiger partial charge in [-0.15, -0.1) is 0 Å². The van der Waals surface area contributed by atoms with Gasteiger partial charge in [-0.05, 0) is 24.3 Å². The van der Waals surface area contributed by atoms with Gasteiger partial charge in [0.05, 0.1) is 43.0 Å². The van der Waals surface area contributed by atoms with Crippen LogP contribution in [0.5, 0.6) is 6.01 Å². The van der Waals surface area contributed by atoms with Crippen molar-refractivity contribution < 1.29 is 31.9 Å². The summed E-state index contributed by atoms with van der Waals surface area (Å²) in [5.41, 5.74) is -1.76. The molecule has 0 spiro atoms. The van der Waals surface area contributed by atoms with Crippen LogP contribution in [0, 0.1) is 17.1 Å². The van der Waals surface area contributed by atoms with Crippen molar-refractivity contribution >= 4 is 23.3 Å². The maximum absolute atomic E-state index is 13.6. The minimum Gasteiger partial charge on any atom is -0.467 e. The van der Waals surface area contributed by atoms with E-state index in [4.69, 9.17) is 10.00 Å². The first-order chi connectivity index (χ1) is 16.6. The lowest BCUT2D eigenvalue weighted by Gasteiger charge is -2.22. The van der Waals surface area contributed by atoms with Crippen LogP contribution in [0.2, 0.25) is 0 Å². The van der Waals surface area contributed by atoms with Gasteiger partial charge in [0.25, 0.3) is 0 Å². The molecule has 0 atom stereocenters. The number of hydrogen-bond donors (Lipinski definition) is 1. The second-order valence-corrected chi connectivity index (χ2v) is 6.93. The molecule has 0 radical (unpaired) electrons. The number of hydrogen-bond acceptors (Lipinski definition) is 7. The summed E-state index contributed by atoms with van der Waals surface area (Å²) in [6.07, 6.45) is -2.72. The van der Waals surface area contributed by atoms with Gasteiger partial charge in [0.15, 0.2) is 5.69 Å². The quantitative estimate of drug-likeness (QED) is 0.517. The number of carbonyl (C=O) groups is 2. The highest BCUT2D eigenvalue weighted by atomic mass is 19.4. The van der Waals surface area contributed by atoms with E-state index in [2.05, 4.69) is 20.4 Å². The molecule has 1 N–H and O–H groups in total. The number of alkyl halides is 3. The summed E-state index contributed by atoms with van der Waals surface area (Å²) in [6, 6.07) is 4.66. The zero-order valence-corrected chi connectivity index (χ0v) is 18.3. The third kappa shape index (κ3) is 5.69. The highest BCUT2D eigenvalue weighted by Crippen LogP contribution is 2.31. The standard InChI is InChI=1S/C21H17F4N7O3/c1-3-18(33)32-17(21(23,24)25)7-14(30-32)11-31(15-9-27-19(35-2)28-10-15)20(34)29-13-4-5-16(22)12(6-13)8-26/h4-7,9-10H,3,11H2,1-2H3,(H,29,34). The predicted octanol–water partition coefficient (Wildman–Crippen LogP) is 4.00. The molecule has 0 bridgehead atoms. The summed E-state index contributed by atoms with van der Waals surface area (Å²) in [5.74, 6) is -1.68. The highest BCUT2D eigenvalue weighted by Gasteiger charge is 2.37. The van der Waals surface area contributed by atoms with Crippen molar-refractivity contribution in [3.05, 3.63) is 59.4 Å². The molecule has 0 unspecified atom stereocenters. The lowest BCUT2D eigenvalue weighted by Crippen LogP contribution is -2.35. The van der Waals surface area contributed by atoms with E-state index >= 15 is 0 Å². The molecule has 0 aliphatic carbocycles. The molecule has 10 nitrogen and oxygen atoms in total. The number of nitrogens with zero attached hydrogens (tertiary/aromatic N) is 6. The maximum atomic E-state index is 13.6. The highest BCUT2D eigenvalue weighted by molar-refractivity contribution is 6.01. The average molecular weight is 491 g/mol. The maximum Gasteiger partial charge on any atom is 0.433 e. The number of carbonyl (C=O) groups excluding carboxylic acids is 2. The van der Waals surface area contributed by atoms with Gasteiger partial charge < -0.3 is 10.1 Å². The van der Waals surface area contributed by atoms with Gasteiger partial charge in [-0.25, -0.2) is 19.2 Å². The van der Waals surface area contributed by atoms with Crippen molar-refractivity contribution in [1.29, 1.82) is 5.26 Å². The number of amides is 2. The van der Waals surface area contributed by atoms with Gasteiger partial charge in [0, 0.05) is 12.1 Å². The molecule has 0 aliphatic heterocycles. The summed E-state index contributed by atoms with van der Waals surface area (Å²) < 4.78 is 59.1. The largest absolute Gasteiger partial charge is 0.467 e. The third-order valence-corrected chi connectivity index (χ3v) is 4.60. The Balaban J connectivity index is 1.99. The first kappa shape index (κ1) is 25.1. The molecule has 2 heterocycles. The van der Waals surface area contributed by atoms with Crippen molar-refractivity contribution in [3.63, 3.8) is 0 Å². The number of methoxy groups -OCH3 is 1. The fourth-order valence-corrected chi connectivity index (χ4v) is 2.93. The van der Waals surface area contributed by atoms with Crippen LogP contribution < -0.4 is 15.0 Å².